The number of anilines is 1. The summed E-state index contributed by atoms with van der Waals surface area (Å²) in [6.45, 7) is 2.21. The molecule has 3 aliphatic rings. The highest BCUT2D eigenvalue weighted by molar-refractivity contribution is 6.06. The highest BCUT2D eigenvalue weighted by Gasteiger charge is 2.58. The molecule has 4 atom stereocenters. The van der Waals surface area contributed by atoms with Crippen LogP contribution in [-0.2, 0) is 20.8 Å². The fourth-order valence-corrected chi connectivity index (χ4v) is 4.56. The minimum Gasteiger partial charge on any atom is -0.326 e. The van der Waals surface area contributed by atoms with E-state index in [1.54, 1.807) is 0 Å². The molecule has 1 saturated carbocycles. The van der Waals surface area contributed by atoms with Crippen molar-refractivity contribution in [2.75, 3.05) is 11.9 Å². The summed E-state index contributed by atoms with van der Waals surface area (Å²) in [7, 11) is 0. The molecule has 130 valence electrons. The van der Waals surface area contributed by atoms with Crippen LogP contribution in [0.15, 0.2) is 36.4 Å². The predicted octanol–water partition coefficient (Wildman–Crippen LogP) is 2.38. The van der Waals surface area contributed by atoms with Crippen LogP contribution in [0.25, 0.3) is 0 Å². The molecule has 25 heavy (non-hydrogen) atoms. The minimum atomic E-state index is -0.189. The largest absolute Gasteiger partial charge is 0.326 e. The molecule has 1 N–H and O–H groups in total. The molecule has 1 aromatic rings. The number of para-hydroxylation sites is 1. The Hall–Kier alpha value is -2.43. The van der Waals surface area contributed by atoms with Crippen LogP contribution in [0.3, 0.4) is 0 Å². The number of amides is 3. The second-order valence-corrected chi connectivity index (χ2v) is 7.14. The molecule has 1 aromatic carbocycles. The molecule has 4 rings (SSSR count). The van der Waals surface area contributed by atoms with Gasteiger partial charge in [-0.25, -0.2) is 0 Å². The zero-order valence-corrected chi connectivity index (χ0v) is 14.3. The number of carbonyl (C=O) groups is 3. The Bertz CT molecular complexity index is 740. The summed E-state index contributed by atoms with van der Waals surface area (Å²) in [4.78, 5) is 38.8. The van der Waals surface area contributed by atoms with E-state index >= 15 is 0 Å². The number of benzene rings is 1. The summed E-state index contributed by atoms with van der Waals surface area (Å²) in [6.07, 6.45) is 6.05. The van der Waals surface area contributed by atoms with Crippen LogP contribution in [0.1, 0.15) is 25.3 Å². The topological polar surface area (TPSA) is 66.5 Å². The van der Waals surface area contributed by atoms with Crippen molar-refractivity contribution < 1.29 is 14.4 Å². The smallest absolute Gasteiger partial charge is 0.233 e. The Morgan fingerprint density at radius 1 is 1.12 bits per heavy atom. The van der Waals surface area contributed by atoms with Crippen LogP contribution in [0.4, 0.5) is 5.69 Å². The summed E-state index contributed by atoms with van der Waals surface area (Å²) in [6, 6.07) is 7.67. The highest BCUT2D eigenvalue weighted by Crippen LogP contribution is 2.52. The fourth-order valence-electron chi connectivity index (χ4n) is 4.56. The number of aryl methyl sites for hydroxylation is 1. The molecule has 0 spiro atoms. The van der Waals surface area contributed by atoms with Crippen molar-refractivity contribution in [3.8, 4) is 0 Å². The molecule has 2 fully saturated rings. The van der Waals surface area contributed by atoms with Gasteiger partial charge in [-0.05, 0) is 36.3 Å². The average Bonchev–Trinajstić information content (AvgIpc) is 3.28. The third kappa shape index (κ3) is 2.58. The first kappa shape index (κ1) is 16.1. The Kier molecular flexibility index (Phi) is 3.94. The number of carbonyl (C=O) groups excluding carboxylic acids is 3. The van der Waals surface area contributed by atoms with Gasteiger partial charge in [0.2, 0.25) is 17.7 Å². The third-order valence-corrected chi connectivity index (χ3v) is 5.80. The van der Waals surface area contributed by atoms with Crippen molar-refractivity contribution in [1.82, 2.24) is 4.90 Å². The van der Waals surface area contributed by atoms with Gasteiger partial charge < -0.3 is 5.32 Å². The molecule has 0 radical (unpaired) electrons. The maximum absolute atomic E-state index is 12.6. The lowest BCUT2D eigenvalue weighted by Crippen LogP contribution is -2.35. The molecular formula is C20H22N2O3. The van der Waals surface area contributed by atoms with E-state index in [-0.39, 0.29) is 54.4 Å². The van der Waals surface area contributed by atoms with Crippen LogP contribution < -0.4 is 5.32 Å². The first-order valence-corrected chi connectivity index (χ1v) is 9.01. The molecule has 5 heteroatoms. The molecule has 2 bridgehead atoms. The van der Waals surface area contributed by atoms with E-state index in [0.717, 1.165) is 24.1 Å². The quantitative estimate of drug-likeness (QED) is 0.662. The van der Waals surface area contributed by atoms with Gasteiger partial charge in [0.05, 0.1) is 11.8 Å². The van der Waals surface area contributed by atoms with Gasteiger partial charge in [0.15, 0.2) is 0 Å². The second-order valence-electron chi connectivity index (χ2n) is 7.14. The van der Waals surface area contributed by atoms with E-state index in [9.17, 15) is 14.4 Å². The van der Waals surface area contributed by atoms with Gasteiger partial charge in [-0.1, -0.05) is 37.3 Å². The molecule has 3 amide bonds. The standard InChI is InChI=1S/C20H22N2O3/c1-2-12-5-3-4-6-15(12)21-16(23)9-10-22-19(24)17-13-7-8-14(11-13)18(17)20(22)25/h3-8,13-14,17-18H,2,9-11H2,1H3,(H,21,23)/t13-,14-,17+,18+/m0/s1. The summed E-state index contributed by atoms with van der Waals surface area (Å²) in [5.41, 5.74) is 1.87. The van der Waals surface area contributed by atoms with Crippen LogP contribution in [0.5, 0.6) is 0 Å². The summed E-state index contributed by atoms with van der Waals surface area (Å²) in [5, 5.41) is 2.89. The zero-order chi connectivity index (χ0) is 17.6. The Morgan fingerprint density at radius 2 is 1.76 bits per heavy atom. The summed E-state index contributed by atoms with van der Waals surface area (Å²) in [5.74, 6) is -0.303. The van der Waals surface area contributed by atoms with Crippen molar-refractivity contribution in [2.24, 2.45) is 23.7 Å². The number of imide groups is 1. The second kappa shape index (κ2) is 6.14. The van der Waals surface area contributed by atoms with Crippen molar-refractivity contribution in [1.29, 1.82) is 0 Å². The summed E-state index contributed by atoms with van der Waals surface area (Å²) < 4.78 is 0. The van der Waals surface area contributed by atoms with E-state index in [4.69, 9.17) is 0 Å². The Morgan fingerprint density at radius 3 is 2.40 bits per heavy atom. The van der Waals surface area contributed by atoms with Gasteiger partial charge in [0.25, 0.3) is 0 Å². The lowest BCUT2D eigenvalue weighted by Gasteiger charge is -2.17. The van der Waals surface area contributed by atoms with Crippen LogP contribution in [0.2, 0.25) is 0 Å². The highest BCUT2D eigenvalue weighted by atomic mass is 16.2. The summed E-state index contributed by atoms with van der Waals surface area (Å²) >= 11 is 0. The van der Waals surface area contributed by atoms with Gasteiger partial charge in [-0.15, -0.1) is 0 Å². The number of nitrogens with zero attached hydrogens (tertiary/aromatic N) is 1. The van der Waals surface area contributed by atoms with Crippen LogP contribution >= 0.6 is 0 Å². The van der Waals surface area contributed by atoms with Crippen molar-refractivity contribution in [3.63, 3.8) is 0 Å². The number of likely N-dealkylation sites (tertiary alicyclic amines) is 1. The minimum absolute atomic E-state index is 0.0893. The predicted molar refractivity (Wildman–Crippen MR) is 93.5 cm³/mol. The molecule has 2 aliphatic carbocycles. The Balaban J connectivity index is 1.38. The average molecular weight is 338 g/mol. The van der Waals surface area contributed by atoms with Crippen LogP contribution in [-0.4, -0.2) is 29.2 Å². The SMILES string of the molecule is CCc1ccccc1NC(=O)CCN1C(=O)[C@H]2[C@H](C1=O)[C@H]1C=C[C@H]2C1. The monoisotopic (exact) mass is 338 g/mol. The first-order chi connectivity index (χ1) is 12.1. The first-order valence-electron chi connectivity index (χ1n) is 9.01. The molecule has 0 unspecified atom stereocenters. The van der Waals surface area contributed by atoms with Gasteiger partial charge in [0.1, 0.15) is 0 Å². The number of hydrogen-bond acceptors (Lipinski definition) is 3. The van der Waals surface area contributed by atoms with Crippen molar-refractivity contribution in [3.05, 3.63) is 42.0 Å². The number of allylic oxidation sites excluding steroid dienone is 2. The van der Waals surface area contributed by atoms with Gasteiger partial charge in [-0.2, -0.15) is 0 Å². The number of rotatable bonds is 5. The van der Waals surface area contributed by atoms with Gasteiger partial charge >= 0.3 is 0 Å². The molecule has 1 saturated heterocycles. The fraction of sp³-hybridized carbons (Fsp3) is 0.450. The lowest BCUT2D eigenvalue weighted by atomic mass is 9.85. The molecule has 0 aromatic heterocycles. The lowest BCUT2D eigenvalue weighted by molar-refractivity contribution is -0.140. The van der Waals surface area contributed by atoms with E-state index in [1.165, 1.54) is 4.90 Å². The Labute approximate surface area is 147 Å². The molecule has 1 heterocycles. The van der Waals surface area contributed by atoms with Crippen molar-refractivity contribution in [2.45, 2.75) is 26.2 Å². The van der Waals surface area contributed by atoms with Gasteiger partial charge in [0, 0.05) is 18.7 Å². The number of hydrogen-bond donors (Lipinski definition) is 1. The normalized spacial score (nSPS) is 29.4. The zero-order valence-electron chi connectivity index (χ0n) is 14.3. The van der Waals surface area contributed by atoms with E-state index in [1.807, 2.05) is 31.2 Å². The van der Waals surface area contributed by atoms with Gasteiger partial charge in [-0.3, -0.25) is 19.3 Å². The molecule has 1 aliphatic heterocycles. The molecule has 5 nitrogen and oxygen atoms in total. The van der Waals surface area contributed by atoms with E-state index in [0.29, 0.717) is 0 Å². The van der Waals surface area contributed by atoms with E-state index < -0.39 is 0 Å². The van der Waals surface area contributed by atoms with Crippen molar-refractivity contribution >= 4 is 23.4 Å². The maximum Gasteiger partial charge on any atom is 0.233 e. The van der Waals surface area contributed by atoms with Crippen LogP contribution in [0, 0.1) is 23.7 Å². The number of fused-ring (bicyclic) bond motifs is 5. The molecular weight excluding hydrogens is 316 g/mol. The third-order valence-electron chi connectivity index (χ3n) is 5.80. The number of nitrogens with one attached hydrogen (secondary N) is 1. The maximum atomic E-state index is 12.6. The van der Waals surface area contributed by atoms with E-state index in [2.05, 4.69) is 17.5 Å².